The van der Waals surface area contributed by atoms with Gasteiger partial charge in [0.1, 0.15) is 5.82 Å². The molecular weight excluding hydrogens is 368 g/mol. The van der Waals surface area contributed by atoms with Gasteiger partial charge in [-0.05, 0) is 18.2 Å². The Labute approximate surface area is 143 Å². The molecule has 0 atom stereocenters. The standard InChI is InChI=1S/C13H6Cl2FN3O5/c14-8-5-7(1-2-9(8)16)17-13(20)6-3-10(18(21)22)12(15)11(4-6)19(23)24/h1-5H,(H,17,20). The second kappa shape index (κ2) is 6.77. The Morgan fingerprint density at radius 3 is 2.04 bits per heavy atom. The summed E-state index contributed by atoms with van der Waals surface area (Å²) in [5.74, 6) is -1.59. The molecular formula is C13H6Cl2FN3O5. The van der Waals surface area contributed by atoms with Crippen molar-refractivity contribution >= 4 is 46.2 Å². The number of anilines is 1. The number of nitro benzene ring substituents is 2. The molecule has 0 unspecified atom stereocenters. The van der Waals surface area contributed by atoms with E-state index in [1.165, 1.54) is 6.07 Å². The minimum absolute atomic E-state index is 0.103. The van der Waals surface area contributed by atoms with Crippen molar-refractivity contribution in [3.8, 4) is 0 Å². The van der Waals surface area contributed by atoms with Crippen LogP contribution in [0.25, 0.3) is 0 Å². The van der Waals surface area contributed by atoms with Crippen molar-refractivity contribution in [2.24, 2.45) is 0 Å². The molecule has 0 saturated heterocycles. The summed E-state index contributed by atoms with van der Waals surface area (Å²) >= 11 is 11.2. The second-order valence-electron chi connectivity index (χ2n) is 4.43. The lowest BCUT2D eigenvalue weighted by Gasteiger charge is -2.07. The van der Waals surface area contributed by atoms with E-state index in [4.69, 9.17) is 23.2 Å². The first-order valence-corrected chi connectivity index (χ1v) is 6.85. The molecule has 2 rings (SSSR count). The lowest BCUT2D eigenvalue weighted by Crippen LogP contribution is -2.13. The van der Waals surface area contributed by atoms with E-state index in [9.17, 15) is 29.4 Å². The number of nitrogens with one attached hydrogen (secondary N) is 1. The van der Waals surface area contributed by atoms with E-state index >= 15 is 0 Å². The topological polar surface area (TPSA) is 115 Å². The van der Waals surface area contributed by atoms with Gasteiger partial charge in [0.25, 0.3) is 17.3 Å². The molecule has 1 N–H and O–H groups in total. The lowest BCUT2D eigenvalue weighted by molar-refractivity contribution is -0.393. The molecule has 2 aromatic rings. The van der Waals surface area contributed by atoms with Crippen molar-refractivity contribution < 1.29 is 19.0 Å². The maximum Gasteiger partial charge on any atom is 0.295 e. The van der Waals surface area contributed by atoms with E-state index in [2.05, 4.69) is 5.32 Å². The van der Waals surface area contributed by atoms with Crippen LogP contribution in [-0.2, 0) is 0 Å². The van der Waals surface area contributed by atoms with Crippen molar-refractivity contribution in [3.63, 3.8) is 0 Å². The van der Waals surface area contributed by atoms with Crippen molar-refractivity contribution in [1.29, 1.82) is 0 Å². The molecule has 0 aliphatic heterocycles. The quantitative estimate of drug-likeness (QED) is 0.636. The minimum Gasteiger partial charge on any atom is -0.322 e. The van der Waals surface area contributed by atoms with Crippen molar-refractivity contribution in [2.75, 3.05) is 5.32 Å². The molecule has 0 heterocycles. The van der Waals surface area contributed by atoms with Crippen LogP contribution in [0.1, 0.15) is 10.4 Å². The van der Waals surface area contributed by atoms with E-state index in [1.54, 1.807) is 0 Å². The van der Waals surface area contributed by atoms with Gasteiger partial charge in [0, 0.05) is 17.8 Å². The van der Waals surface area contributed by atoms with E-state index in [0.29, 0.717) is 0 Å². The molecule has 8 nitrogen and oxygen atoms in total. The monoisotopic (exact) mass is 373 g/mol. The highest BCUT2D eigenvalue weighted by Gasteiger charge is 2.27. The number of halogens is 3. The van der Waals surface area contributed by atoms with Gasteiger partial charge in [-0.1, -0.05) is 23.2 Å². The number of carbonyl (C=O) groups is 1. The zero-order chi connectivity index (χ0) is 18.0. The van der Waals surface area contributed by atoms with Crippen LogP contribution in [0.4, 0.5) is 21.5 Å². The van der Waals surface area contributed by atoms with E-state index in [-0.39, 0.29) is 16.3 Å². The fourth-order valence-electron chi connectivity index (χ4n) is 1.77. The first kappa shape index (κ1) is 17.6. The summed E-state index contributed by atoms with van der Waals surface area (Å²) < 4.78 is 13.1. The van der Waals surface area contributed by atoms with Crippen LogP contribution in [0, 0.1) is 26.0 Å². The van der Waals surface area contributed by atoms with Gasteiger partial charge in [-0.2, -0.15) is 0 Å². The number of nitro groups is 2. The normalized spacial score (nSPS) is 10.3. The Morgan fingerprint density at radius 2 is 1.58 bits per heavy atom. The van der Waals surface area contributed by atoms with Crippen LogP contribution in [0.15, 0.2) is 30.3 Å². The third-order valence-corrected chi connectivity index (χ3v) is 3.54. The summed E-state index contributed by atoms with van der Waals surface area (Å²) in [5, 5.41) is 23.2. The molecule has 0 radical (unpaired) electrons. The number of amides is 1. The molecule has 124 valence electrons. The van der Waals surface area contributed by atoms with E-state index < -0.39 is 38.0 Å². The first-order valence-electron chi connectivity index (χ1n) is 6.09. The molecule has 2 aromatic carbocycles. The van der Waals surface area contributed by atoms with Gasteiger partial charge < -0.3 is 5.32 Å². The molecule has 0 fully saturated rings. The van der Waals surface area contributed by atoms with E-state index in [1.807, 2.05) is 0 Å². The van der Waals surface area contributed by atoms with Crippen LogP contribution >= 0.6 is 23.2 Å². The molecule has 24 heavy (non-hydrogen) atoms. The maximum absolute atomic E-state index is 13.1. The number of hydrogen-bond acceptors (Lipinski definition) is 5. The largest absolute Gasteiger partial charge is 0.322 e. The van der Waals surface area contributed by atoms with Crippen LogP contribution in [0.2, 0.25) is 10.0 Å². The van der Waals surface area contributed by atoms with Gasteiger partial charge >= 0.3 is 0 Å². The molecule has 11 heteroatoms. The molecule has 0 saturated carbocycles. The first-order chi connectivity index (χ1) is 11.2. The summed E-state index contributed by atoms with van der Waals surface area (Å²) in [6.45, 7) is 0. The highest BCUT2D eigenvalue weighted by Crippen LogP contribution is 2.35. The maximum atomic E-state index is 13.1. The molecule has 0 spiro atoms. The predicted octanol–water partition coefficient (Wildman–Crippen LogP) is 4.20. The van der Waals surface area contributed by atoms with Gasteiger partial charge in [-0.15, -0.1) is 0 Å². The van der Waals surface area contributed by atoms with Gasteiger partial charge in [0.2, 0.25) is 0 Å². The summed E-state index contributed by atoms with van der Waals surface area (Å²) in [5.41, 5.74) is -1.83. The zero-order valence-electron chi connectivity index (χ0n) is 11.5. The van der Waals surface area contributed by atoms with Crippen LogP contribution in [-0.4, -0.2) is 15.8 Å². The Kier molecular flexibility index (Phi) is 4.96. The van der Waals surface area contributed by atoms with Crippen LogP contribution in [0.5, 0.6) is 0 Å². The summed E-state index contributed by atoms with van der Waals surface area (Å²) in [6, 6.07) is 4.93. The van der Waals surface area contributed by atoms with E-state index in [0.717, 1.165) is 24.3 Å². The van der Waals surface area contributed by atoms with Gasteiger partial charge in [0.15, 0.2) is 5.02 Å². The molecule has 0 aromatic heterocycles. The number of hydrogen-bond donors (Lipinski definition) is 1. The summed E-state index contributed by atoms with van der Waals surface area (Å²) in [7, 11) is 0. The van der Waals surface area contributed by atoms with Gasteiger partial charge in [-0.25, -0.2) is 4.39 Å². The Balaban J connectivity index is 2.43. The second-order valence-corrected chi connectivity index (χ2v) is 5.21. The highest BCUT2D eigenvalue weighted by atomic mass is 35.5. The number of nitrogens with zero attached hydrogens (tertiary/aromatic N) is 2. The van der Waals surface area contributed by atoms with Crippen molar-refractivity contribution in [2.45, 2.75) is 0 Å². The smallest absolute Gasteiger partial charge is 0.295 e. The number of benzene rings is 2. The molecule has 0 bridgehead atoms. The lowest BCUT2D eigenvalue weighted by atomic mass is 10.1. The van der Waals surface area contributed by atoms with Crippen LogP contribution in [0.3, 0.4) is 0 Å². The Bertz CT molecular complexity index is 840. The molecule has 0 aliphatic carbocycles. The number of rotatable bonds is 4. The number of carbonyl (C=O) groups excluding carboxylic acids is 1. The van der Waals surface area contributed by atoms with Gasteiger partial charge in [0.05, 0.1) is 20.4 Å². The zero-order valence-corrected chi connectivity index (χ0v) is 13.0. The third-order valence-electron chi connectivity index (χ3n) is 2.87. The van der Waals surface area contributed by atoms with Crippen molar-refractivity contribution in [3.05, 3.63) is 72.0 Å². The molecule has 1 amide bonds. The summed E-state index contributed by atoms with van der Waals surface area (Å²) in [6.07, 6.45) is 0. The fourth-order valence-corrected chi connectivity index (χ4v) is 2.20. The molecule has 0 aliphatic rings. The van der Waals surface area contributed by atoms with Crippen molar-refractivity contribution in [1.82, 2.24) is 0 Å². The third kappa shape index (κ3) is 3.58. The Hall–Kier alpha value is -2.78. The fraction of sp³-hybridized carbons (Fsp3) is 0. The summed E-state index contributed by atoms with van der Waals surface area (Å²) in [4.78, 5) is 32.1. The SMILES string of the molecule is O=C(Nc1ccc(F)c(Cl)c1)c1cc([N+](=O)[O-])c(Cl)c([N+](=O)[O-])c1. The minimum atomic E-state index is -0.944. The average molecular weight is 374 g/mol. The Morgan fingerprint density at radius 1 is 1.04 bits per heavy atom. The average Bonchev–Trinajstić information content (AvgIpc) is 2.50. The van der Waals surface area contributed by atoms with Crippen LogP contribution < -0.4 is 5.32 Å². The predicted molar refractivity (Wildman–Crippen MR) is 84.1 cm³/mol. The highest BCUT2D eigenvalue weighted by molar-refractivity contribution is 6.35. The van der Waals surface area contributed by atoms with Gasteiger partial charge in [-0.3, -0.25) is 25.0 Å².